The molecule has 0 fully saturated rings. The van der Waals surface area contributed by atoms with Gasteiger partial charge >= 0.3 is 0 Å². The summed E-state index contributed by atoms with van der Waals surface area (Å²) in [6.07, 6.45) is 0. The molecule has 46 heavy (non-hydrogen) atoms. The Morgan fingerprint density at radius 2 is 0.957 bits per heavy atom. The molecular weight excluding hydrogens is 566 g/mol. The van der Waals surface area contributed by atoms with Gasteiger partial charge in [0, 0.05) is 33.4 Å². The lowest BCUT2D eigenvalue weighted by Crippen LogP contribution is -2.05. The van der Waals surface area contributed by atoms with Gasteiger partial charge in [-0.25, -0.2) is 8.78 Å². The summed E-state index contributed by atoms with van der Waals surface area (Å²) < 4.78 is 34.5. The Morgan fingerprint density at radius 3 is 1.67 bits per heavy atom. The molecule has 0 saturated heterocycles. The topological polar surface area (TPSA) is 0 Å². The van der Waals surface area contributed by atoms with Gasteiger partial charge in [-0.05, 0) is 77.9 Å². The van der Waals surface area contributed by atoms with Gasteiger partial charge in [-0.1, -0.05) is 139 Å². The van der Waals surface area contributed by atoms with Crippen LogP contribution in [0.15, 0.2) is 133 Å². The first-order valence-corrected chi connectivity index (χ1v) is 15.7. The number of fused-ring (bicyclic) bond motifs is 1. The lowest BCUT2D eigenvalue weighted by molar-refractivity contribution is 0.630. The predicted octanol–water partition coefficient (Wildman–Crippen LogP) is 12.7. The number of hydrogen-bond donors (Lipinski definition) is 0. The fourth-order valence-electron chi connectivity index (χ4n) is 7.06. The zero-order chi connectivity index (χ0) is 31.9. The number of aryl methyl sites for hydroxylation is 4. The molecule has 7 aromatic rings. The maximum absolute atomic E-state index is 18.2. The highest BCUT2D eigenvalue weighted by Crippen LogP contribution is 2.54. The van der Waals surface area contributed by atoms with Crippen molar-refractivity contribution in [3.05, 3.63) is 167 Å². The van der Waals surface area contributed by atoms with Crippen LogP contribution in [0.1, 0.15) is 22.3 Å². The van der Waals surface area contributed by atoms with Crippen molar-refractivity contribution >= 4 is 10.8 Å². The maximum Gasteiger partial charge on any atom is 0.140 e. The molecule has 0 amide bonds. The quantitative estimate of drug-likeness (QED) is 0.184. The second-order valence-electron chi connectivity index (χ2n) is 12.2. The fraction of sp³-hybridized carbons (Fsp3) is 0.0909. The molecule has 0 aliphatic heterocycles. The predicted molar refractivity (Wildman–Crippen MR) is 190 cm³/mol. The third kappa shape index (κ3) is 5.01. The molecule has 0 aromatic heterocycles. The zero-order valence-corrected chi connectivity index (χ0v) is 26.5. The first-order chi connectivity index (χ1) is 22.3. The molecule has 0 heterocycles. The van der Waals surface area contributed by atoms with E-state index in [2.05, 4.69) is 37.3 Å². The third-order valence-electron chi connectivity index (χ3n) is 8.97. The molecule has 224 valence electrons. The van der Waals surface area contributed by atoms with Crippen molar-refractivity contribution in [3.63, 3.8) is 0 Å². The summed E-state index contributed by atoms with van der Waals surface area (Å²) in [6, 6.07) is 43.2. The van der Waals surface area contributed by atoms with Crippen LogP contribution in [-0.2, 0) is 0 Å². The number of hydrogen-bond acceptors (Lipinski definition) is 0. The Balaban J connectivity index is 1.82. The minimum absolute atomic E-state index is 0.319. The minimum atomic E-state index is -0.356. The van der Waals surface area contributed by atoms with Crippen molar-refractivity contribution in [3.8, 4) is 55.6 Å². The number of halogens is 2. The second kappa shape index (κ2) is 11.9. The molecule has 0 bridgehead atoms. The monoisotopic (exact) mass is 600 g/mol. The van der Waals surface area contributed by atoms with Crippen molar-refractivity contribution in [2.24, 2.45) is 0 Å². The summed E-state index contributed by atoms with van der Waals surface area (Å²) in [5, 5.41) is 2.01. The molecule has 2 heteroatoms. The molecular formula is C44H34F2. The van der Waals surface area contributed by atoms with Crippen LogP contribution in [0.4, 0.5) is 8.78 Å². The van der Waals surface area contributed by atoms with Gasteiger partial charge in [0.25, 0.3) is 0 Å². The lowest BCUT2D eigenvalue weighted by Gasteiger charge is -2.27. The van der Waals surface area contributed by atoms with Gasteiger partial charge in [-0.15, -0.1) is 0 Å². The van der Waals surface area contributed by atoms with E-state index in [1.54, 1.807) is 6.07 Å². The molecule has 0 atom stereocenters. The van der Waals surface area contributed by atoms with E-state index in [1.807, 2.05) is 112 Å². The van der Waals surface area contributed by atoms with Crippen LogP contribution < -0.4 is 0 Å². The molecule has 0 radical (unpaired) electrons. The van der Waals surface area contributed by atoms with Gasteiger partial charge in [0.05, 0.1) is 0 Å². The molecule has 0 saturated carbocycles. The van der Waals surface area contributed by atoms with Crippen molar-refractivity contribution < 1.29 is 8.78 Å². The van der Waals surface area contributed by atoms with Crippen molar-refractivity contribution in [2.75, 3.05) is 0 Å². The summed E-state index contributed by atoms with van der Waals surface area (Å²) in [6.45, 7) is 8.17. The third-order valence-corrected chi connectivity index (χ3v) is 8.97. The fourth-order valence-corrected chi connectivity index (χ4v) is 7.06. The van der Waals surface area contributed by atoms with E-state index in [4.69, 9.17) is 0 Å². The highest BCUT2D eigenvalue weighted by atomic mass is 19.1. The van der Waals surface area contributed by atoms with Crippen molar-refractivity contribution in [1.29, 1.82) is 0 Å². The van der Waals surface area contributed by atoms with Crippen molar-refractivity contribution in [2.45, 2.75) is 27.7 Å². The first-order valence-electron chi connectivity index (χ1n) is 15.7. The van der Waals surface area contributed by atoms with Gasteiger partial charge in [-0.2, -0.15) is 0 Å². The Hall–Kier alpha value is -5.34. The second-order valence-corrected chi connectivity index (χ2v) is 12.2. The van der Waals surface area contributed by atoms with Crippen LogP contribution >= 0.6 is 0 Å². The van der Waals surface area contributed by atoms with E-state index in [0.717, 1.165) is 55.3 Å². The van der Waals surface area contributed by atoms with E-state index < -0.39 is 0 Å². The summed E-state index contributed by atoms with van der Waals surface area (Å²) in [7, 11) is 0. The van der Waals surface area contributed by atoms with Crippen LogP contribution in [0.5, 0.6) is 0 Å². The summed E-state index contributed by atoms with van der Waals surface area (Å²) in [4.78, 5) is 0. The van der Waals surface area contributed by atoms with Gasteiger partial charge in [0.15, 0.2) is 0 Å². The van der Waals surface area contributed by atoms with Crippen LogP contribution in [0, 0.1) is 39.3 Å². The summed E-state index contributed by atoms with van der Waals surface area (Å²) in [5.41, 5.74) is 10.8. The smallest absolute Gasteiger partial charge is 0.140 e. The normalized spacial score (nSPS) is 11.3. The average molecular weight is 601 g/mol. The molecule has 0 spiro atoms. The molecule has 0 aliphatic carbocycles. The average Bonchev–Trinajstić information content (AvgIpc) is 3.06. The summed E-state index contributed by atoms with van der Waals surface area (Å²) >= 11 is 0. The maximum atomic E-state index is 18.2. The number of benzene rings is 7. The molecule has 0 nitrogen and oxygen atoms in total. The Bertz CT molecular complexity index is 2210. The molecule has 0 N–H and O–H groups in total. The molecule has 7 aromatic carbocycles. The first kappa shape index (κ1) is 29.4. The lowest BCUT2D eigenvalue weighted by atomic mass is 9.76. The largest absolute Gasteiger partial charge is 0.206 e. The Kier molecular flexibility index (Phi) is 7.58. The SMILES string of the molecule is Cc1ccc(-c2c(F)c(-c3c(C)cc(C)cc3C)c(-c3cccc4ccccc34)c(-c3ccccc3F)c2-c2ccccc2)cc1. The van der Waals surface area contributed by atoms with Gasteiger partial charge in [0.2, 0.25) is 0 Å². The summed E-state index contributed by atoms with van der Waals surface area (Å²) in [5.74, 6) is -0.674. The van der Waals surface area contributed by atoms with E-state index in [-0.39, 0.29) is 11.6 Å². The van der Waals surface area contributed by atoms with Gasteiger partial charge < -0.3 is 0 Å². The molecule has 7 rings (SSSR count). The molecule has 0 unspecified atom stereocenters. The van der Waals surface area contributed by atoms with Crippen LogP contribution in [-0.4, -0.2) is 0 Å². The van der Waals surface area contributed by atoms with Gasteiger partial charge in [0.1, 0.15) is 11.6 Å². The van der Waals surface area contributed by atoms with Crippen molar-refractivity contribution in [1.82, 2.24) is 0 Å². The Morgan fingerprint density at radius 1 is 0.391 bits per heavy atom. The van der Waals surface area contributed by atoms with Gasteiger partial charge in [-0.3, -0.25) is 0 Å². The minimum Gasteiger partial charge on any atom is -0.206 e. The standard InChI is InChI=1S/C44H34F2/c1-27-21-23-33(24-22-27)40-39(32-14-6-5-7-15-32)42(36-18-10-11-20-37(36)45)41(35-19-12-16-31-13-8-9-17-34(31)35)43(44(40)46)38-29(3)25-28(2)26-30(38)4/h5-26H,1-4H3. The molecule has 0 aliphatic rings. The Labute approximate surface area is 269 Å². The highest BCUT2D eigenvalue weighted by molar-refractivity contribution is 6.12. The van der Waals surface area contributed by atoms with Crippen LogP contribution in [0.2, 0.25) is 0 Å². The number of rotatable bonds is 5. The zero-order valence-electron chi connectivity index (χ0n) is 26.5. The van der Waals surface area contributed by atoms with E-state index in [1.165, 1.54) is 6.07 Å². The highest BCUT2D eigenvalue weighted by Gasteiger charge is 2.31. The van der Waals surface area contributed by atoms with Crippen LogP contribution in [0.3, 0.4) is 0 Å². The van der Waals surface area contributed by atoms with Crippen LogP contribution in [0.25, 0.3) is 66.4 Å². The van der Waals surface area contributed by atoms with E-state index >= 15 is 8.78 Å². The van der Waals surface area contributed by atoms with E-state index in [9.17, 15) is 0 Å². The van der Waals surface area contributed by atoms with E-state index in [0.29, 0.717) is 33.4 Å².